The number of aliphatic hydroxyl groups is 1. The molecule has 0 radical (unpaired) electrons. The van der Waals surface area contributed by atoms with Crippen LogP contribution in [-0.4, -0.2) is 34.5 Å². The van der Waals surface area contributed by atoms with Crippen molar-refractivity contribution in [2.24, 2.45) is 0 Å². The van der Waals surface area contributed by atoms with Crippen LogP contribution in [0, 0.1) is 0 Å². The van der Waals surface area contributed by atoms with E-state index in [0.717, 1.165) is 16.0 Å². The van der Waals surface area contributed by atoms with E-state index < -0.39 is 17.7 Å². The minimum absolute atomic E-state index is 0.0221. The number of carbonyl (C=O) groups is 2. The van der Waals surface area contributed by atoms with Gasteiger partial charge in [-0.1, -0.05) is 47.7 Å². The van der Waals surface area contributed by atoms with Gasteiger partial charge in [0.2, 0.25) is 0 Å². The third kappa shape index (κ3) is 4.45. The molecule has 0 spiro atoms. The number of aromatic nitrogens is 1. The lowest BCUT2D eigenvalue weighted by Gasteiger charge is -2.23. The van der Waals surface area contributed by atoms with Crippen molar-refractivity contribution in [2.45, 2.75) is 25.5 Å². The predicted molar refractivity (Wildman–Crippen MR) is 152 cm³/mol. The summed E-state index contributed by atoms with van der Waals surface area (Å²) in [7, 11) is 0. The molecule has 6 rings (SSSR count). The number of hydrogen-bond donors (Lipinski definition) is 1. The van der Waals surface area contributed by atoms with Gasteiger partial charge in [0, 0.05) is 17.0 Å². The second kappa shape index (κ2) is 9.87. The molecular formula is C30H23ClN2O5S. The van der Waals surface area contributed by atoms with Gasteiger partial charge in [0.05, 0.1) is 21.8 Å². The number of fused-ring (bicyclic) bond motifs is 2. The number of Topliss-reactive ketones (excluding diaryl/α,β-unsaturated/α-hetero) is 1. The molecule has 1 amide bonds. The Morgan fingerprint density at radius 1 is 1.23 bits per heavy atom. The van der Waals surface area contributed by atoms with Crippen molar-refractivity contribution in [1.82, 2.24) is 4.98 Å². The van der Waals surface area contributed by atoms with Crippen LogP contribution in [-0.2, 0) is 16.0 Å². The van der Waals surface area contributed by atoms with Crippen molar-refractivity contribution in [2.75, 3.05) is 11.5 Å². The van der Waals surface area contributed by atoms with E-state index in [1.165, 1.54) is 16.2 Å². The highest BCUT2D eigenvalue weighted by Gasteiger charge is 2.48. The fourth-order valence-corrected chi connectivity index (χ4v) is 6.26. The summed E-state index contributed by atoms with van der Waals surface area (Å²) in [5, 5.41) is 12.4. The lowest BCUT2D eigenvalue weighted by molar-refractivity contribution is -0.132. The summed E-state index contributed by atoms with van der Waals surface area (Å²) in [6.07, 6.45) is 2.34. The summed E-state index contributed by atoms with van der Waals surface area (Å²) in [4.78, 5) is 33.1. The second-order valence-corrected chi connectivity index (χ2v) is 10.9. The number of rotatable bonds is 6. The molecule has 1 saturated heterocycles. The fraction of sp³-hybridized carbons (Fsp3) is 0.167. The Labute approximate surface area is 233 Å². The molecule has 0 aliphatic carbocycles. The molecule has 196 valence electrons. The smallest absolute Gasteiger partial charge is 0.301 e. The molecule has 0 unspecified atom stereocenters. The molecule has 1 aromatic heterocycles. The van der Waals surface area contributed by atoms with Gasteiger partial charge in [-0.3, -0.25) is 14.5 Å². The van der Waals surface area contributed by atoms with Gasteiger partial charge in [-0.2, -0.15) is 0 Å². The number of ether oxygens (including phenoxy) is 2. The van der Waals surface area contributed by atoms with Gasteiger partial charge in [0.25, 0.3) is 5.78 Å². The Kier molecular flexibility index (Phi) is 6.37. The minimum atomic E-state index is -0.934. The summed E-state index contributed by atoms with van der Waals surface area (Å²) >= 11 is 7.43. The zero-order valence-electron chi connectivity index (χ0n) is 20.9. The zero-order valence-corrected chi connectivity index (χ0v) is 22.5. The molecule has 2 aliphatic rings. The lowest BCUT2D eigenvalue weighted by Crippen LogP contribution is -2.29. The first-order valence-electron chi connectivity index (χ1n) is 12.3. The van der Waals surface area contributed by atoms with Crippen LogP contribution in [0.3, 0.4) is 0 Å². The van der Waals surface area contributed by atoms with Crippen LogP contribution in [0.1, 0.15) is 29.7 Å². The number of thiazole rings is 1. The Morgan fingerprint density at radius 2 is 2.08 bits per heavy atom. The average molecular weight is 559 g/mol. The first-order chi connectivity index (χ1) is 18.8. The summed E-state index contributed by atoms with van der Waals surface area (Å²) < 4.78 is 12.3. The average Bonchev–Trinajstić information content (AvgIpc) is 3.59. The maximum atomic E-state index is 13.6. The number of benzene rings is 3. The Morgan fingerprint density at radius 3 is 2.90 bits per heavy atom. The van der Waals surface area contributed by atoms with Crippen molar-refractivity contribution >= 4 is 55.7 Å². The first kappa shape index (κ1) is 25.2. The number of nitrogens with zero attached hydrogens (tertiary/aromatic N) is 2. The monoisotopic (exact) mass is 558 g/mol. The molecule has 4 aromatic rings. The number of halogens is 1. The van der Waals surface area contributed by atoms with Crippen LogP contribution in [0.25, 0.3) is 16.0 Å². The van der Waals surface area contributed by atoms with Gasteiger partial charge in [-0.15, -0.1) is 0 Å². The van der Waals surface area contributed by atoms with Gasteiger partial charge in [-0.05, 0) is 66.6 Å². The number of ketones is 1. The largest absolute Gasteiger partial charge is 0.507 e. The van der Waals surface area contributed by atoms with E-state index in [-0.39, 0.29) is 24.0 Å². The number of anilines is 1. The van der Waals surface area contributed by atoms with Crippen molar-refractivity contribution in [3.8, 4) is 11.5 Å². The third-order valence-electron chi connectivity index (χ3n) is 6.70. The lowest BCUT2D eigenvalue weighted by atomic mass is 9.94. The number of carbonyl (C=O) groups excluding carboxylic acids is 2. The predicted octanol–water partition coefficient (Wildman–Crippen LogP) is 6.46. The third-order valence-corrected chi connectivity index (χ3v) is 7.95. The standard InChI is InChI=1S/C30H23ClN2O5S/c1-3-11-37-21-6-4-5-17(14-21)26-25(27(34)18-7-10-23-19(13-18)12-16(2)38-23)28(35)29(36)33(26)30-32-22-9-8-20(31)15-24(22)39-30/h3-10,13-16,26,34H,1,11-12H2,2H3/t16-,26+/m1/s1. The maximum absolute atomic E-state index is 13.6. The van der Waals surface area contributed by atoms with Crippen molar-refractivity contribution in [1.29, 1.82) is 0 Å². The van der Waals surface area contributed by atoms with E-state index in [0.29, 0.717) is 39.0 Å². The Balaban J connectivity index is 1.53. The second-order valence-electron chi connectivity index (χ2n) is 9.40. The Hall–Kier alpha value is -4.14. The topological polar surface area (TPSA) is 89.0 Å². The summed E-state index contributed by atoms with van der Waals surface area (Å²) in [6.45, 7) is 5.94. The van der Waals surface area contributed by atoms with Crippen molar-refractivity contribution in [3.63, 3.8) is 0 Å². The van der Waals surface area contributed by atoms with Gasteiger partial charge in [0.1, 0.15) is 30.0 Å². The molecule has 7 nitrogen and oxygen atoms in total. The quantitative estimate of drug-likeness (QED) is 0.126. The number of amides is 1. The highest BCUT2D eigenvalue weighted by molar-refractivity contribution is 7.22. The molecular weight excluding hydrogens is 536 g/mol. The molecule has 1 fully saturated rings. The van der Waals surface area contributed by atoms with Gasteiger partial charge >= 0.3 is 5.91 Å². The molecule has 2 aliphatic heterocycles. The minimum Gasteiger partial charge on any atom is -0.507 e. The van der Waals surface area contributed by atoms with Crippen LogP contribution in [0.2, 0.25) is 5.02 Å². The van der Waals surface area contributed by atoms with Gasteiger partial charge in [-0.25, -0.2) is 4.98 Å². The molecule has 39 heavy (non-hydrogen) atoms. The molecule has 3 aromatic carbocycles. The number of aliphatic hydroxyl groups excluding tert-OH is 1. The van der Waals surface area contributed by atoms with E-state index in [2.05, 4.69) is 11.6 Å². The molecule has 9 heteroatoms. The molecule has 3 heterocycles. The van der Waals surface area contributed by atoms with E-state index in [1.807, 2.05) is 13.0 Å². The van der Waals surface area contributed by atoms with Gasteiger partial charge in [0.15, 0.2) is 5.13 Å². The molecule has 1 N–H and O–H groups in total. The fourth-order valence-electron chi connectivity index (χ4n) is 4.99. The molecule has 0 saturated carbocycles. The van der Waals surface area contributed by atoms with E-state index >= 15 is 0 Å². The SMILES string of the molecule is C=CCOc1cccc([C@H]2C(=C(O)c3ccc4c(c3)C[C@@H](C)O4)C(=O)C(=O)N2c2nc3ccc(Cl)cc3s2)c1. The summed E-state index contributed by atoms with van der Waals surface area (Å²) in [6, 6.07) is 16.7. The van der Waals surface area contributed by atoms with Crippen LogP contribution < -0.4 is 14.4 Å². The Bertz CT molecular complexity index is 1690. The summed E-state index contributed by atoms with van der Waals surface area (Å²) in [5.74, 6) is -0.543. The highest BCUT2D eigenvalue weighted by atomic mass is 35.5. The highest BCUT2D eigenvalue weighted by Crippen LogP contribution is 2.45. The van der Waals surface area contributed by atoms with E-state index in [9.17, 15) is 14.7 Å². The van der Waals surface area contributed by atoms with Gasteiger partial charge < -0.3 is 14.6 Å². The van der Waals surface area contributed by atoms with Crippen molar-refractivity contribution < 1.29 is 24.2 Å². The summed E-state index contributed by atoms with van der Waals surface area (Å²) in [5.41, 5.74) is 2.58. The number of hydrogen-bond acceptors (Lipinski definition) is 7. The van der Waals surface area contributed by atoms with Crippen LogP contribution in [0.15, 0.2) is 78.9 Å². The van der Waals surface area contributed by atoms with Crippen LogP contribution in [0.5, 0.6) is 11.5 Å². The maximum Gasteiger partial charge on any atom is 0.301 e. The zero-order chi connectivity index (χ0) is 27.3. The molecule has 2 atom stereocenters. The van der Waals surface area contributed by atoms with Crippen LogP contribution >= 0.6 is 22.9 Å². The van der Waals surface area contributed by atoms with Crippen LogP contribution in [0.4, 0.5) is 5.13 Å². The van der Waals surface area contributed by atoms with Crippen molar-refractivity contribution in [3.05, 3.63) is 101 Å². The molecule has 0 bridgehead atoms. The first-order valence-corrected chi connectivity index (χ1v) is 13.5. The van der Waals surface area contributed by atoms with E-state index in [1.54, 1.807) is 60.7 Å². The normalized spacial score (nSPS) is 19.8. The van der Waals surface area contributed by atoms with E-state index in [4.69, 9.17) is 21.1 Å².